The smallest absolute Gasteiger partial charge is 0.341 e. The van der Waals surface area contributed by atoms with Gasteiger partial charge >= 0.3 is 5.97 Å². The summed E-state index contributed by atoms with van der Waals surface area (Å²) < 4.78 is 6.76. The second-order valence-electron chi connectivity index (χ2n) is 2.71. The molecule has 0 N–H and O–H groups in total. The molecule has 0 aliphatic rings. The SMILES string of the molecule is COC(=O)c1cn(Br)c2ncc(Br)nc12. The highest BCUT2D eigenvalue weighted by atomic mass is 79.9. The number of esters is 1. The molecule has 0 spiro atoms. The van der Waals surface area contributed by atoms with E-state index in [1.54, 1.807) is 16.0 Å². The second-order valence-corrected chi connectivity index (χ2v) is 4.29. The van der Waals surface area contributed by atoms with Crippen LogP contribution in [0.3, 0.4) is 0 Å². The van der Waals surface area contributed by atoms with Gasteiger partial charge in [-0.1, -0.05) is 0 Å². The molecule has 0 aliphatic carbocycles. The van der Waals surface area contributed by atoms with Crippen molar-refractivity contribution >= 4 is 49.2 Å². The lowest BCUT2D eigenvalue weighted by Crippen LogP contribution is -2.00. The summed E-state index contributed by atoms with van der Waals surface area (Å²) in [5.74, 6) is -0.439. The molecule has 0 saturated carbocycles. The van der Waals surface area contributed by atoms with Crippen molar-refractivity contribution in [1.82, 2.24) is 13.6 Å². The minimum Gasteiger partial charge on any atom is -0.465 e. The number of hydrogen-bond donors (Lipinski definition) is 0. The van der Waals surface area contributed by atoms with Gasteiger partial charge in [-0.2, -0.15) is 0 Å². The number of rotatable bonds is 1. The Morgan fingerprint density at radius 1 is 1.60 bits per heavy atom. The average Bonchev–Trinajstić information content (AvgIpc) is 2.54. The fraction of sp³-hybridized carbons (Fsp3) is 0.125. The van der Waals surface area contributed by atoms with Crippen LogP contribution in [0.4, 0.5) is 0 Å². The summed E-state index contributed by atoms with van der Waals surface area (Å²) in [6.45, 7) is 0. The third-order valence-electron chi connectivity index (χ3n) is 1.83. The zero-order chi connectivity index (χ0) is 11.0. The Hall–Kier alpha value is -0.950. The molecule has 2 aromatic rings. The zero-order valence-electron chi connectivity index (χ0n) is 7.57. The highest BCUT2D eigenvalue weighted by molar-refractivity contribution is 9.10. The van der Waals surface area contributed by atoms with Crippen molar-refractivity contribution in [3.63, 3.8) is 0 Å². The number of aromatic nitrogens is 3. The summed E-state index contributed by atoms with van der Waals surface area (Å²) in [6.07, 6.45) is 3.13. The van der Waals surface area contributed by atoms with Crippen LogP contribution >= 0.6 is 32.1 Å². The molecule has 2 aromatic heterocycles. The normalized spacial score (nSPS) is 10.6. The van der Waals surface area contributed by atoms with Crippen molar-refractivity contribution in [2.24, 2.45) is 0 Å². The molecule has 0 amide bonds. The standard InChI is InChI=1S/C8H5Br2N3O2/c1-15-8(14)4-3-13(10)7-6(4)12-5(9)2-11-7/h2-3H,1H3. The fourth-order valence-corrected chi connectivity index (χ4v) is 1.94. The van der Waals surface area contributed by atoms with E-state index in [9.17, 15) is 4.79 Å². The lowest BCUT2D eigenvalue weighted by molar-refractivity contribution is 0.0603. The third kappa shape index (κ3) is 1.76. The fourth-order valence-electron chi connectivity index (χ4n) is 1.19. The van der Waals surface area contributed by atoms with Crippen molar-refractivity contribution in [2.45, 2.75) is 0 Å². The zero-order valence-corrected chi connectivity index (χ0v) is 10.7. The Morgan fingerprint density at radius 2 is 2.33 bits per heavy atom. The van der Waals surface area contributed by atoms with Crippen LogP contribution in [-0.4, -0.2) is 26.6 Å². The summed E-state index contributed by atoms with van der Waals surface area (Å²) in [7, 11) is 1.32. The number of ether oxygens (including phenoxy) is 1. The van der Waals surface area contributed by atoms with Crippen LogP contribution in [0, 0.1) is 0 Å². The quantitative estimate of drug-likeness (QED) is 0.750. The van der Waals surface area contributed by atoms with E-state index in [2.05, 4.69) is 46.8 Å². The second kappa shape index (κ2) is 3.90. The minimum atomic E-state index is -0.439. The van der Waals surface area contributed by atoms with Gasteiger partial charge in [0.2, 0.25) is 0 Å². The Morgan fingerprint density at radius 3 is 3.00 bits per heavy atom. The number of hydrogen-bond acceptors (Lipinski definition) is 4. The van der Waals surface area contributed by atoms with Crippen LogP contribution in [0.1, 0.15) is 10.4 Å². The van der Waals surface area contributed by atoms with Crippen molar-refractivity contribution in [3.05, 3.63) is 22.6 Å². The van der Waals surface area contributed by atoms with Crippen LogP contribution in [0.2, 0.25) is 0 Å². The van der Waals surface area contributed by atoms with Gasteiger partial charge in [0.25, 0.3) is 0 Å². The molecule has 78 valence electrons. The van der Waals surface area contributed by atoms with Gasteiger partial charge in [-0.05, 0) is 15.9 Å². The Balaban J connectivity index is 2.75. The maximum absolute atomic E-state index is 11.4. The number of methoxy groups -OCH3 is 1. The molecule has 0 fully saturated rings. The molecular formula is C8H5Br2N3O2. The first-order chi connectivity index (χ1) is 7.13. The maximum Gasteiger partial charge on any atom is 0.341 e. The van der Waals surface area contributed by atoms with Crippen LogP contribution in [-0.2, 0) is 4.74 Å². The summed E-state index contributed by atoms with van der Waals surface area (Å²) in [5.41, 5.74) is 1.44. The molecule has 2 heterocycles. The van der Waals surface area contributed by atoms with Gasteiger partial charge < -0.3 is 4.74 Å². The van der Waals surface area contributed by atoms with E-state index in [1.165, 1.54) is 7.11 Å². The van der Waals surface area contributed by atoms with Gasteiger partial charge in [-0.3, -0.25) is 3.59 Å². The summed E-state index contributed by atoms with van der Waals surface area (Å²) in [4.78, 5) is 19.7. The molecule has 2 rings (SSSR count). The predicted octanol–water partition coefficient (Wildman–Crippen LogP) is 2.14. The van der Waals surface area contributed by atoms with Gasteiger partial charge in [0.1, 0.15) is 15.7 Å². The molecule has 15 heavy (non-hydrogen) atoms. The van der Waals surface area contributed by atoms with E-state index in [0.29, 0.717) is 21.3 Å². The van der Waals surface area contributed by atoms with Crippen LogP contribution in [0.25, 0.3) is 11.2 Å². The van der Waals surface area contributed by atoms with Crippen LogP contribution < -0.4 is 0 Å². The largest absolute Gasteiger partial charge is 0.465 e. The minimum absolute atomic E-state index is 0.373. The lowest BCUT2D eigenvalue weighted by Gasteiger charge is -1.95. The van der Waals surface area contributed by atoms with E-state index in [0.717, 1.165) is 0 Å². The van der Waals surface area contributed by atoms with Gasteiger partial charge in [0.15, 0.2) is 5.65 Å². The van der Waals surface area contributed by atoms with Gasteiger partial charge in [0, 0.05) is 6.20 Å². The first-order valence-corrected chi connectivity index (χ1v) is 5.41. The van der Waals surface area contributed by atoms with Crippen molar-refractivity contribution in [3.8, 4) is 0 Å². The average molecular weight is 335 g/mol. The molecule has 5 nitrogen and oxygen atoms in total. The van der Waals surface area contributed by atoms with E-state index >= 15 is 0 Å². The lowest BCUT2D eigenvalue weighted by atomic mass is 10.3. The van der Waals surface area contributed by atoms with Gasteiger partial charge in [-0.15, -0.1) is 0 Å². The molecule has 0 radical (unpaired) electrons. The predicted molar refractivity (Wildman–Crippen MR) is 60.9 cm³/mol. The monoisotopic (exact) mass is 333 g/mol. The molecule has 0 aromatic carbocycles. The van der Waals surface area contributed by atoms with Crippen molar-refractivity contribution < 1.29 is 9.53 Å². The van der Waals surface area contributed by atoms with Gasteiger partial charge in [0.05, 0.1) is 29.5 Å². The molecule has 0 aliphatic heterocycles. The summed E-state index contributed by atoms with van der Waals surface area (Å²) >= 11 is 6.43. The topological polar surface area (TPSA) is 57.0 Å². The molecule has 0 atom stereocenters. The molecule has 0 saturated heterocycles. The van der Waals surface area contributed by atoms with E-state index in [-0.39, 0.29) is 0 Å². The van der Waals surface area contributed by atoms with Gasteiger partial charge in [-0.25, -0.2) is 14.8 Å². The van der Waals surface area contributed by atoms with Crippen LogP contribution in [0.15, 0.2) is 17.0 Å². The Bertz CT molecular complexity index is 538. The molecule has 0 bridgehead atoms. The maximum atomic E-state index is 11.4. The van der Waals surface area contributed by atoms with Crippen molar-refractivity contribution in [2.75, 3.05) is 7.11 Å². The Labute approximate surface area is 102 Å². The van der Waals surface area contributed by atoms with E-state index in [4.69, 9.17) is 0 Å². The number of halogens is 2. The third-order valence-corrected chi connectivity index (χ3v) is 2.75. The van der Waals surface area contributed by atoms with Crippen LogP contribution in [0.5, 0.6) is 0 Å². The first kappa shape index (κ1) is 10.6. The Kier molecular flexibility index (Phi) is 2.74. The molecule has 7 heteroatoms. The highest BCUT2D eigenvalue weighted by Crippen LogP contribution is 2.21. The summed E-state index contributed by atoms with van der Waals surface area (Å²) in [5, 5.41) is 0. The van der Waals surface area contributed by atoms with E-state index < -0.39 is 5.97 Å². The first-order valence-electron chi connectivity index (χ1n) is 3.91. The van der Waals surface area contributed by atoms with Crippen molar-refractivity contribution in [1.29, 1.82) is 0 Å². The number of fused-ring (bicyclic) bond motifs is 1. The highest BCUT2D eigenvalue weighted by Gasteiger charge is 2.17. The number of nitrogens with zero attached hydrogens (tertiary/aromatic N) is 3. The molecular weight excluding hydrogens is 330 g/mol. The summed E-state index contributed by atoms with van der Waals surface area (Å²) in [6, 6.07) is 0. The molecule has 0 unspecified atom stereocenters. The van der Waals surface area contributed by atoms with E-state index in [1.807, 2.05) is 0 Å². The number of carbonyl (C=O) groups excluding carboxylic acids is 1. The number of carbonyl (C=O) groups is 1.